The first kappa shape index (κ1) is 14.8. The van der Waals surface area contributed by atoms with Gasteiger partial charge in [0.1, 0.15) is 5.54 Å². The molecule has 1 fully saturated rings. The fourth-order valence-corrected chi connectivity index (χ4v) is 2.16. The van der Waals surface area contributed by atoms with E-state index in [1.54, 1.807) is 14.0 Å². The number of carboxylic acids is 1. The summed E-state index contributed by atoms with van der Waals surface area (Å²) in [7, 11) is 1.55. The Bertz CT molecular complexity index is 313. The lowest BCUT2D eigenvalue weighted by Gasteiger charge is -2.36. The van der Waals surface area contributed by atoms with Crippen LogP contribution in [-0.2, 0) is 4.79 Å². The van der Waals surface area contributed by atoms with Crippen LogP contribution in [0.3, 0.4) is 0 Å². The number of amides is 2. The van der Waals surface area contributed by atoms with E-state index in [0.717, 1.165) is 19.3 Å². The van der Waals surface area contributed by atoms with Crippen LogP contribution in [0.25, 0.3) is 0 Å². The number of nitrogens with one attached hydrogen (secondary N) is 1. The molecule has 0 saturated heterocycles. The molecule has 0 radical (unpaired) electrons. The van der Waals surface area contributed by atoms with Crippen LogP contribution in [0.5, 0.6) is 0 Å². The molecule has 2 amide bonds. The number of aliphatic carboxylic acids is 1. The maximum atomic E-state index is 12.0. The molecular weight excluding hydrogens is 236 g/mol. The number of carboxylic acid groups (broad SMARTS) is 1. The van der Waals surface area contributed by atoms with E-state index in [1.807, 2.05) is 0 Å². The molecule has 6 nitrogen and oxygen atoms in total. The summed E-state index contributed by atoms with van der Waals surface area (Å²) in [6.45, 7) is 1.55. The fourth-order valence-electron chi connectivity index (χ4n) is 2.16. The minimum Gasteiger partial charge on any atom is -0.480 e. The Morgan fingerprint density at radius 2 is 1.89 bits per heavy atom. The van der Waals surface area contributed by atoms with Crippen LogP contribution < -0.4 is 5.32 Å². The minimum atomic E-state index is -1.14. The summed E-state index contributed by atoms with van der Waals surface area (Å²) >= 11 is 0. The number of carbonyl (C=O) groups is 2. The number of nitrogens with zero attached hydrogens (tertiary/aromatic N) is 1. The van der Waals surface area contributed by atoms with E-state index >= 15 is 0 Å². The second-order valence-corrected chi connectivity index (χ2v) is 5.02. The predicted octanol–water partition coefficient (Wildman–Crippen LogP) is 0.796. The molecule has 18 heavy (non-hydrogen) atoms. The Morgan fingerprint density at radius 3 is 2.33 bits per heavy atom. The molecule has 0 spiro atoms. The van der Waals surface area contributed by atoms with Crippen LogP contribution in [0.4, 0.5) is 4.79 Å². The Labute approximate surface area is 107 Å². The van der Waals surface area contributed by atoms with E-state index in [-0.39, 0.29) is 12.6 Å². The van der Waals surface area contributed by atoms with Gasteiger partial charge in [0, 0.05) is 7.05 Å². The second kappa shape index (κ2) is 6.04. The molecular formula is C12H22N2O4. The maximum Gasteiger partial charge on any atom is 0.329 e. The molecule has 0 heterocycles. The largest absolute Gasteiger partial charge is 0.480 e. The molecule has 3 N–H and O–H groups in total. The fraction of sp³-hybridized carbons (Fsp3) is 0.833. The van der Waals surface area contributed by atoms with Gasteiger partial charge in [-0.1, -0.05) is 19.3 Å². The Morgan fingerprint density at radius 1 is 1.33 bits per heavy atom. The van der Waals surface area contributed by atoms with Gasteiger partial charge in [-0.3, -0.25) is 0 Å². The van der Waals surface area contributed by atoms with Gasteiger partial charge in [0.15, 0.2) is 0 Å². The van der Waals surface area contributed by atoms with Gasteiger partial charge in [-0.15, -0.1) is 0 Å². The Balaban J connectivity index is 2.72. The molecule has 0 aliphatic heterocycles. The van der Waals surface area contributed by atoms with Crippen molar-refractivity contribution in [3.63, 3.8) is 0 Å². The first-order valence-corrected chi connectivity index (χ1v) is 6.32. The van der Waals surface area contributed by atoms with Gasteiger partial charge in [-0.05, 0) is 19.8 Å². The third-order valence-corrected chi connectivity index (χ3v) is 3.71. The third kappa shape index (κ3) is 3.13. The van der Waals surface area contributed by atoms with Gasteiger partial charge < -0.3 is 20.4 Å². The first-order valence-electron chi connectivity index (χ1n) is 6.32. The molecule has 1 aliphatic rings. The van der Waals surface area contributed by atoms with Gasteiger partial charge in [-0.25, -0.2) is 9.59 Å². The SMILES string of the molecule is CC(CO)N(C)C(=O)NC1(C(=O)O)CCCCC1. The van der Waals surface area contributed by atoms with E-state index in [0.29, 0.717) is 12.8 Å². The molecule has 0 aromatic rings. The number of likely N-dealkylation sites (N-methyl/N-ethyl adjacent to an activating group) is 1. The predicted molar refractivity (Wildman–Crippen MR) is 66.3 cm³/mol. The number of hydrogen-bond donors (Lipinski definition) is 3. The maximum absolute atomic E-state index is 12.0. The zero-order valence-electron chi connectivity index (χ0n) is 11.0. The van der Waals surface area contributed by atoms with Crippen molar-refractivity contribution in [3.05, 3.63) is 0 Å². The average molecular weight is 258 g/mol. The summed E-state index contributed by atoms with van der Waals surface area (Å²) in [5.41, 5.74) is -1.14. The Kier molecular flexibility index (Phi) is 4.95. The van der Waals surface area contributed by atoms with Crippen LogP contribution in [0.15, 0.2) is 0 Å². The lowest BCUT2D eigenvalue weighted by Crippen LogP contribution is -2.59. The monoisotopic (exact) mass is 258 g/mol. The normalized spacial score (nSPS) is 19.9. The number of aliphatic hydroxyl groups excluding tert-OH is 1. The molecule has 104 valence electrons. The van der Waals surface area contributed by atoms with Gasteiger partial charge >= 0.3 is 12.0 Å². The van der Waals surface area contributed by atoms with E-state index < -0.39 is 17.5 Å². The summed E-state index contributed by atoms with van der Waals surface area (Å²) in [5, 5.41) is 21.0. The van der Waals surface area contributed by atoms with Crippen molar-refractivity contribution in [2.45, 2.75) is 50.6 Å². The highest BCUT2D eigenvalue weighted by molar-refractivity contribution is 5.86. The van der Waals surface area contributed by atoms with Crippen molar-refractivity contribution in [2.75, 3.05) is 13.7 Å². The van der Waals surface area contributed by atoms with E-state index in [9.17, 15) is 14.7 Å². The first-order chi connectivity index (χ1) is 8.43. The molecule has 6 heteroatoms. The minimum absolute atomic E-state index is 0.149. The molecule has 0 aromatic heterocycles. The lowest BCUT2D eigenvalue weighted by atomic mass is 9.82. The zero-order valence-corrected chi connectivity index (χ0v) is 11.0. The van der Waals surface area contributed by atoms with E-state index in [2.05, 4.69) is 5.32 Å². The molecule has 1 unspecified atom stereocenters. The molecule has 0 aromatic carbocycles. The zero-order chi connectivity index (χ0) is 13.8. The number of urea groups is 1. The van der Waals surface area contributed by atoms with Crippen LogP contribution in [0, 0.1) is 0 Å². The molecule has 0 bridgehead atoms. The van der Waals surface area contributed by atoms with Crippen molar-refractivity contribution in [3.8, 4) is 0 Å². The summed E-state index contributed by atoms with van der Waals surface area (Å²) in [6.07, 6.45) is 3.57. The number of hydrogen-bond acceptors (Lipinski definition) is 3. The lowest BCUT2D eigenvalue weighted by molar-refractivity contribution is -0.146. The second-order valence-electron chi connectivity index (χ2n) is 5.02. The van der Waals surface area contributed by atoms with Gasteiger partial charge in [0.05, 0.1) is 12.6 Å². The van der Waals surface area contributed by atoms with Crippen LogP contribution in [-0.4, -0.2) is 52.3 Å². The number of aliphatic hydroxyl groups is 1. The molecule has 1 saturated carbocycles. The van der Waals surface area contributed by atoms with Crippen LogP contribution in [0.2, 0.25) is 0 Å². The smallest absolute Gasteiger partial charge is 0.329 e. The van der Waals surface area contributed by atoms with Gasteiger partial charge in [0.25, 0.3) is 0 Å². The third-order valence-electron chi connectivity index (χ3n) is 3.71. The van der Waals surface area contributed by atoms with Crippen molar-refractivity contribution in [1.82, 2.24) is 10.2 Å². The number of carbonyl (C=O) groups excluding carboxylic acids is 1. The van der Waals surface area contributed by atoms with E-state index in [1.165, 1.54) is 4.90 Å². The van der Waals surface area contributed by atoms with Crippen molar-refractivity contribution < 1.29 is 19.8 Å². The summed E-state index contributed by atoms with van der Waals surface area (Å²) in [5.74, 6) is -0.972. The Hall–Kier alpha value is -1.30. The van der Waals surface area contributed by atoms with E-state index in [4.69, 9.17) is 5.11 Å². The van der Waals surface area contributed by atoms with Gasteiger partial charge in [0.2, 0.25) is 0 Å². The highest BCUT2D eigenvalue weighted by Crippen LogP contribution is 2.28. The van der Waals surface area contributed by atoms with Crippen molar-refractivity contribution in [2.24, 2.45) is 0 Å². The average Bonchev–Trinajstić information content (AvgIpc) is 2.37. The number of rotatable bonds is 4. The molecule has 1 atom stereocenters. The van der Waals surface area contributed by atoms with Crippen molar-refractivity contribution >= 4 is 12.0 Å². The highest BCUT2D eigenvalue weighted by atomic mass is 16.4. The standard InChI is InChI=1S/C12H22N2O4/c1-9(8-15)14(2)11(18)13-12(10(16)17)6-4-3-5-7-12/h9,15H,3-8H2,1-2H3,(H,13,18)(H,16,17). The summed E-state index contributed by atoms with van der Waals surface area (Å²) < 4.78 is 0. The van der Waals surface area contributed by atoms with Gasteiger partial charge in [-0.2, -0.15) is 0 Å². The molecule has 1 aliphatic carbocycles. The summed E-state index contributed by atoms with van der Waals surface area (Å²) in [6, 6.07) is -0.778. The highest BCUT2D eigenvalue weighted by Gasteiger charge is 2.41. The van der Waals surface area contributed by atoms with Crippen LogP contribution in [0.1, 0.15) is 39.0 Å². The quantitative estimate of drug-likeness (QED) is 0.695. The topological polar surface area (TPSA) is 89.9 Å². The molecule has 1 rings (SSSR count). The van der Waals surface area contributed by atoms with Crippen LogP contribution >= 0.6 is 0 Å². The van der Waals surface area contributed by atoms with Crippen molar-refractivity contribution in [1.29, 1.82) is 0 Å². The summed E-state index contributed by atoms with van der Waals surface area (Å²) in [4.78, 5) is 24.7.